The quantitative estimate of drug-likeness (QED) is 0.518. The molecule has 1 aliphatic carbocycles. The van der Waals surface area contributed by atoms with Crippen LogP contribution in [0.2, 0.25) is 0 Å². The van der Waals surface area contributed by atoms with Crippen molar-refractivity contribution in [3.63, 3.8) is 0 Å². The number of carbonyl (C=O) groups excluding carboxylic acids is 1. The maximum atomic E-state index is 13.1. The third kappa shape index (κ3) is 5.55. The van der Waals surface area contributed by atoms with Gasteiger partial charge in [0.1, 0.15) is 0 Å². The van der Waals surface area contributed by atoms with Gasteiger partial charge in [-0.25, -0.2) is 13.2 Å². The number of carbonyl (C=O) groups is 1. The zero-order chi connectivity index (χ0) is 22.4. The first-order chi connectivity index (χ1) is 14.9. The number of rotatable bonds is 8. The molecule has 5 nitrogen and oxygen atoms in total. The molecule has 0 aromatic heterocycles. The lowest BCUT2D eigenvalue weighted by molar-refractivity contribution is 0.0601. The SMILES string of the molecule is CCCS(=O)(=O)N(Cc1ccc(C(=O)OC)c(-c2ccccc2C)c1)C1CCCCC1. The maximum absolute atomic E-state index is 13.1. The first-order valence-electron chi connectivity index (χ1n) is 11.1. The van der Waals surface area contributed by atoms with Crippen LogP contribution in [-0.4, -0.2) is 37.6 Å². The van der Waals surface area contributed by atoms with Crippen molar-refractivity contribution in [1.82, 2.24) is 4.31 Å². The Balaban J connectivity index is 2.03. The minimum atomic E-state index is -3.35. The van der Waals surface area contributed by atoms with E-state index in [0.717, 1.165) is 47.9 Å². The van der Waals surface area contributed by atoms with Gasteiger partial charge in [0, 0.05) is 12.6 Å². The lowest BCUT2D eigenvalue weighted by atomic mass is 9.93. The summed E-state index contributed by atoms with van der Waals surface area (Å²) in [5, 5.41) is 0. The second-order valence-corrected chi connectivity index (χ2v) is 10.4. The first-order valence-corrected chi connectivity index (χ1v) is 12.7. The van der Waals surface area contributed by atoms with Crippen molar-refractivity contribution in [3.8, 4) is 11.1 Å². The number of sulfonamides is 1. The smallest absolute Gasteiger partial charge is 0.338 e. The van der Waals surface area contributed by atoms with E-state index < -0.39 is 16.0 Å². The number of methoxy groups -OCH3 is 1. The summed E-state index contributed by atoms with van der Waals surface area (Å²) in [5.74, 6) is -0.235. The van der Waals surface area contributed by atoms with Gasteiger partial charge in [0.15, 0.2) is 0 Å². The van der Waals surface area contributed by atoms with Crippen molar-refractivity contribution in [2.75, 3.05) is 12.9 Å². The van der Waals surface area contributed by atoms with Gasteiger partial charge in [0.05, 0.1) is 18.4 Å². The molecule has 0 unspecified atom stereocenters. The Kier molecular flexibility index (Phi) is 7.89. The van der Waals surface area contributed by atoms with E-state index in [1.807, 2.05) is 50.2 Å². The summed E-state index contributed by atoms with van der Waals surface area (Å²) >= 11 is 0. The highest BCUT2D eigenvalue weighted by atomic mass is 32.2. The number of aryl methyl sites for hydroxylation is 1. The second-order valence-electron chi connectivity index (χ2n) is 8.34. The molecular weight excluding hydrogens is 410 g/mol. The van der Waals surface area contributed by atoms with Gasteiger partial charge >= 0.3 is 5.97 Å². The fourth-order valence-corrected chi connectivity index (χ4v) is 6.22. The molecule has 1 saturated carbocycles. The molecule has 1 fully saturated rings. The summed E-state index contributed by atoms with van der Waals surface area (Å²) in [6, 6.07) is 13.5. The Morgan fingerprint density at radius 1 is 1.06 bits per heavy atom. The van der Waals surface area contributed by atoms with E-state index in [4.69, 9.17) is 4.74 Å². The van der Waals surface area contributed by atoms with Crippen molar-refractivity contribution < 1.29 is 17.9 Å². The highest BCUT2D eigenvalue weighted by molar-refractivity contribution is 7.89. The number of ether oxygens (including phenoxy) is 1. The summed E-state index contributed by atoms with van der Waals surface area (Å²) in [6.07, 6.45) is 5.73. The average Bonchev–Trinajstić information content (AvgIpc) is 2.77. The van der Waals surface area contributed by atoms with E-state index in [0.29, 0.717) is 18.5 Å². The van der Waals surface area contributed by atoms with Gasteiger partial charge in [-0.2, -0.15) is 4.31 Å². The van der Waals surface area contributed by atoms with Gasteiger partial charge < -0.3 is 4.74 Å². The van der Waals surface area contributed by atoms with Gasteiger partial charge in [0.2, 0.25) is 10.0 Å². The molecule has 0 aliphatic heterocycles. The molecule has 0 N–H and O–H groups in total. The molecule has 0 radical (unpaired) electrons. The van der Waals surface area contributed by atoms with E-state index in [9.17, 15) is 13.2 Å². The van der Waals surface area contributed by atoms with E-state index in [-0.39, 0.29) is 11.8 Å². The van der Waals surface area contributed by atoms with Crippen LogP contribution < -0.4 is 0 Å². The largest absolute Gasteiger partial charge is 0.465 e. The predicted molar refractivity (Wildman–Crippen MR) is 124 cm³/mol. The minimum absolute atomic E-state index is 0.0486. The van der Waals surface area contributed by atoms with Crippen molar-refractivity contribution in [2.45, 2.75) is 65.0 Å². The van der Waals surface area contributed by atoms with Crippen LogP contribution in [0.3, 0.4) is 0 Å². The molecule has 6 heteroatoms. The van der Waals surface area contributed by atoms with Crippen molar-refractivity contribution in [3.05, 3.63) is 59.2 Å². The summed E-state index contributed by atoms with van der Waals surface area (Å²) < 4.78 is 32.9. The molecule has 2 aromatic carbocycles. The van der Waals surface area contributed by atoms with Crippen LogP contribution in [0.4, 0.5) is 0 Å². The average molecular weight is 444 g/mol. The molecule has 1 aliphatic rings. The number of hydrogen-bond acceptors (Lipinski definition) is 4. The summed E-state index contributed by atoms with van der Waals surface area (Å²) in [5.41, 5.74) is 4.15. The summed E-state index contributed by atoms with van der Waals surface area (Å²) in [7, 11) is -1.97. The Bertz CT molecular complexity index is 1010. The van der Waals surface area contributed by atoms with Crippen LogP contribution in [0.1, 0.15) is 66.9 Å². The normalized spacial score (nSPS) is 15.2. The predicted octanol–water partition coefficient (Wildman–Crippen LogP) is 5.32. The highest BCUT2D eigenvalue weighted by Gasteiger charge is 2.31. The van der Waals surface area contributed by atoms with Gasteiger partial charge in [0.25, 0.3) is 0 Å². The molecule has 0 bridgehead atoms. The van der Waals surface area contributed by atoms with E-state index >= 15 is 0 Å². The van der Waals surface area contributed by atoms with E-state index in [1.165, 1.54) is 13.5 Å². The van der Waals surface area contributed by atoms with Gasteiger partial charge in [-0.15, -0.1) is 0 Å². The molecule has 3 rings (SSSR count). The molecule has 0 atom stereocenters. The zero-order valence-corrected chi connectivity index (χ0v) is 19.6. The third-order valence-electron chi connectivity index (χ3n) is 6.06. The second kappa shape index (κ2) is 10.4. The monoisotopic (exact) mass is 443 g/mol. The first kappa shape index (κ1) is 23.5. The summed E-state index contributed by atoms with van der Waals surface area (Å²) in [4.78, 5) is 12.4. The van der Waals surface area contributed by atoms with Crippen LogP contribution in [0, 0.1) is 6.92 Å². The summed E-state index contributed by atoms with van der Waals surface area (Å²) in [6.45, 7) is 4.23. The Hall–Kier alpha value is -2.18. The van der Waals surface area contributed by atoms with Crippen LogP contribution in [0.15, 0.2) is 42.5 Å². The Morgan fingerprint density at radius 2 is 1.77 bits per heavy atom. The lowest BCUT2D eigenvalue weighted by Gasteiger charge is -2.33. The number of benzene rings is 2. The van der Waals surface area contributed by atoms with Gasteiger partial charge in [-0.3, -0.25) is 0 Å². The molecular formula is C25H33NO4S. The molecule has 0 spiro atoms. The standard InChI is InChI=1S/C25H33NO4S/c1-4-16-31(28,29)26(21-11-6-5-7-12-21)18-20-14-15-23(25(27)30-3)24(17-20)22-13-9-8-10-19(22)2/h8-10,13-15,17,21H,4-7,11-12,16,18H2,1-3H3. The number of esters is 1. The lowest BCUT2D eigenvalue weighted by Crippen LogP contribution is -2.42. The Labute approximate surface area is 186 Å². The van der Waals surface area contributed by atoms with Crippen molar-refractivity contribution >= 4 is 16.0 Å². The number of hydrogen-bond donors (Lipinski definition) is 0. The number of nitrogens with zero attached hydrogens (tertiary/aromatic N) is 1. The van der Waals surface area contributed by atoms with Gasteiger partial charge in [-0.1, -0.05) is 56.5 Å². The maximum Gasteiger partial charge on any atom is 0.338 e. The third-order valence-corrected chi connectivity index (χ3v) is 8.13. The minimum Gasteiger partial charge on any atom is -0.465 e. The Morgan fingerprint density at radius 3 is 2.42 bits per heavy atom. The van der Waals surface area contributed by atoms with Crippen LogP contribution >= 0.6 is 0 Å². The van der Waals surface area contributed by atoms with Crippen LogP contribution in [-0.2, 0) is 21.3 Å². The van der Waals surface area contributed by atoms with Crippen molar-refractivity contribution in [1.29, 1.82) is 0 Å². The highest BCUT2D eigenvalue weighted by Crippen LogP contribution is 2.31. The fourth-order valence-electron chi connectivity index (χ4n) is 4.45. The molecule has 0 heterocycles. The van der Waals surface area contributed by atoms with Crippen molar-refractivity contribution in [2.24, 2.45) is 0 Å². The topological polar surface area (TPSA) is 63.7 Å². The van der Waals surface area contributed by atoms with Gasteiger partial charge in [-0.05, 0) is 60.6 Å². The molecule has 0 saturated heterocycles. The fraction of sp³-hybridized carbons (Fsp3) is 0.480. The molecule has 31 heavy (non-hydrogen) atoms. The van der Waals surface area contributed by atoms with E-state index in [1.54, 1.807) is 10.4 Å². The van der Waals surface area contributed by atoms with Crippen LogP contribution in [0.25, 0.3) is 11.1 Å². The molecule has 0 amide bonds. The zero-order valence-electron chi connectivity index (χ0n) is 18.8. The molecule has 168 valence electrons. The van der Waals surface area contributed by atoms with E-state index in [2.05, 4.69) is 0 Å². The van der Waals surface area contributed by atoms with Crippen LogP contribution in [0.5, 0.6) is 0 Å². The molecule has 2 aromatic rings.